The lowest BCUT2D eigenvalue weighted by atomic mass is 9.89. The fourth-order valence-corrected chi connectivity index (χ4v) is 6.14. The number of hydrogen-bond acceptors (Lipinski definition) is 19. The first-order valence-corrected chi connectivity index (χ1v) is 16.5. The number of carbonyl (C=O) groups excluding carboxylic acids is 1. The van der Waals surface area contributed by atoms with Gasteiger partial charge in [-0.25, -0.2) is 9.59 Å². The smallest absolute Gasteiger partial charge is 0.340 e. The van der Waals surface area contributed by atoms with Gasteiger partial charge in [-0.05, 0) is 25.0 Å². The van der Waals surface area contributed by atoms with Crippen LogP contribution in [0.25, 0.3) is 22.3 Å². The van der Waals surface area contributed by atoms with E-state index in [1.807, 2.05) is 0 Å². The number of esters is 1. The number of nitrogens with two attached hydrogens (primary N) is 2. The first kappa shape index (κ1) is 40.9. The third-order valence-electron chi connectivity index (χ3n) is 8.93. The van der Waals surface area contributed by atoms with E-state index in [0.29, 0.717) is 0 Å². The molecule has 15 N–H and O–H groups in total. The van der Waals surface area contributed by atoms with Gasteiger partial charge in [-0.1, -0.05) is 0 Å². The summed E-state index contributed by atoms with van der Waals surface area (Å²) >= 11 is 0. The second-order valence-electron chi connectivity index (χ2n) is 12.7. The molecule has 2 fully saturated rings. The first-order chi connectivity index (χ1) is 25.9. The molecule has 22 nitrogen and oxygen atoms in total. The van der Waals surface area contributed by atoms with E-state index in [4.69, 9.17) is 34.8 Å². The predicted molar refractivity (Wildman–Crippen MR) is 180 cm³/mol. The fraction of sp³-hybridized carbons (Fsp3) is 0.455. The van der Waals surface area contributed by atoms with Crippen molar-refractivity contribution in [3.63, 3.8) is 0 Å². The lowest BCUT2D eigenvalue weighted by Crippen LogP contribution is -2.68. The van der Waals surface area contributed by atoms with E-state index in [1.165, 1.54) is 6.07 Å². The van der Waals surface area contributed by atoms with Gasteiger partial charge in [0, 0.05) is 48.9 Å². The van der Waals surface area contributed by atoms with E-state index >= 15 is 0 Å². The monoisotopic (exact) mass is 781 g/mol. The number of aliphatic carboxylic acids is 1. The van der Waals surface area contributed by atoms with Crippen molar-refractivity contribution in [2.45, 2.75) is 80.2 Å². The summed E-state index contributed by atoms with van der Waals surface area (Å²) in [6, 6.07) is 5.34. The molecule has 10 unspecified atom stereocenters. The highest BCUT2D eigenvalue weighted by atomic mass is 16.8. The highest BCUT2D eigenvalue weighted by Gasteiger charge is 2.59. The van der Waals surface area contributed by atoms with Gasteiger partial charge >= 0.3 is 11.9 Å². The van der Waals surface area contributed by atoms with Crippen LogP contribution in [0.5, 0.6) is 23.0 Å². The number of phenolic OH excluding ortho intramolecular Hbond substituents is 3. The predicted octanol–water partition coefficient (Wildman–Crippen LogP) is -3.84. The Morgan fingerprint density at radius 1 is 0.873 bits per heavy atom. The van der Waals surface area contributed by atoms with Crippen LogP contribution in [-0.2, 0) is 30.2 Å². The van der Waals surface area contributed by atoms with Crippen LogP contribution in [0.15, 0.2) is 44.5 Å². The van der Waals surface area contributed by atoms with Crippen molar-refractivity contribution in [3.8, 4) is 34.3 Å². The van der Waals surface area contributed by atoms with Crippen molar-refractivity contribution < 1.29 is 89.1 Å². The number of aliphatic hydroxyl groups is 7. The maximum atomic E-state index is 13.6. The Hall–Kier alpha value is -5.30. The Kier molecular flexibility index (Phi) is 12.0. The molecule has 10 atom stereocenters. The highest BCUT2D eigenvalue weighted by molar-refractivity contribution is 5.86. The number of ether oxygens (including phenoxy) is 4. The van der Waals surface area contributed by atoms with E-state index < -0.39 is 108 Å². The quantitative estimate of drug-likeness (QED) is 0.0275. The number of carbonyl (C=O) groups is 2. The van der Waals surface area contributed by atoms with Crippen LogP contribution in [0.4, 0.5) is 0 Å². The molecule has 2 saturated heterocycles. The molecular formula is C33H39N3O19. The van der Waals surface area contributed by atoms with Crippen molar-refractivity contribution in [2.75, 3.05) is 13.2 Å². The van der Waals surface area contributed by atoms with Crippen molar-refractivity contribution in [1.29, 1.82) is 0 Å². The normalized spacial score (nSPS) is 29.4. The van der Waals surface area contributed by atoms with Gasteiger partial charge in [0.1, 0.15) is 64.9 Å². The summed E-state index contributed by atoms with van der Waals surface area (Å²) < 4.78 is 27.5. The van der Waals surface area contributed by atoms with Gasteiger partial charge in [0.2, 0.25) is 12.1 Å². The van der Waals surface area contributed by atoms with Gasteiger partial charge in [-0.3, -0.25) is 9.79 Å². The molecule has 55 heavy (non-hydrogen) atoms. The van der Waals surface area contributed by atoms with E-state index in [2.05, 4.69) is 4.99 Å². The van der Waals surface area contributed by atoms with Gasteiger partial charge in [-0.2, -0.15) is 0 Å². The van der Waals surface area contributed by atoms with Crippen LogP contribution in [-0.4, -0.2) is 148 Å². The van der Waals surface area contributed by atoms with Crippen LogP contribution >= 0.6 is 0 Å². The molecule has 5 rings (SSSR count). The maximum absolute atomic E-state index is 13.6. The lowest BCUT2D eigenvalue weighted by Gasteiger charge is -2.47. The van der Waals surface area contributed by atoms with Crippen molar-refractivity contribution >= 4 is 28.9 Å². The molecule has 1 aromatic heterocycles. The summed E-state index contributed by atoms with van der Waals surface area (Å²) in [6.45, 7) is -0.568. The van der Waals surface area contributed by atoms with E-state index in [9.17, 15) is 70.6 Å². The van der Waals surface area contributed by atoms with Gasteiger partial charge in [0.15, 0.2) is 35.1 Å². The average Bonchev–Trinajstić information content (AvgIpc) is 3.12. The number of phenols is 3. The fourth-order valence-electron chi connectivity index (χ4n) is 6.14. The minimum absolute atomic E-state index is 0.0649. The third kappa shape index (κ3) is 8.22. The minimum Gasteiger partial charge on any atom is -0.507 e. The molecule has 22 heteroatoms. The number of benzene rings is 2. The molecule has 0 spiro atoms. The molecule has 0 radical (unpaired) electrons. The van der Waals surface area contributed by atoms with Crippen LogP contribution in [0, 0.1) is 0 Å². The Bertz CT molecular complexity index is 2000. The summed E-state index contributed by atoms with van der Waals surface area (Å²) in [5, 5.41) is 113. The zero-order valence-electron chi connectivity index (χ0n) is 28.4. The minimum atomic E-state index is -2.75. The summed E-state index contributed by atoms with van der Waals surface area (Å²) in [6.07, 6.45) is -20.8. The number of rotatable bonds is 12. The second-order valence-corrected chi connectivity index (χ2v) is 12.7. The zero-order valence-corrected chi connectivity index (χ0v) is 28.4. The zero-order chi connectivity index (χ0) is 40.5. The number of aliphatic imine (C=N–C) groups is 1. The third-order valence-corrected chi connectivity index (χ3v) is 8.93. The van der Waals surface area contributed by atoms with Crippen molar-refractivity contribution in [3.05, 3.63) is 46.1 Å². The Morgan fingerprint density at radius 3 is 2.22 bits per heavy atom. The highest BCUT2D eigenvalue weighted by Crippen LogP contribution is 2.39. The largest absolute Gasteiger partial charge is 0.507 e. The molecule has 0 amide bonds. The number of hydrogen-bond donors (Lipinski definition) is 13. The summed E-state index contributed by atoms with van der Waals surface area (Å²) in [5.74, 6) is -8.92. The van der Waals surface area contributed by atoms with E-state index in [0.717, 1.165) is 24.3 Å². The van der Waals surface area contributed by atoms with Crippen LogP contribution in [0.1, 0.15) is 18.4 Å². The Balaban J connectivity index is 1.44. The number of guanidine groups is 1. The average molecular weight is 782 g/mol. The lowest BCUT2D eigenvalue weighted by molar-refractivity contribution is -0.353. The molecule has 2 aromatic carbocycles. The second kappa shape index (κ2) is 16.2. The Morgan fingerprint density at radius 2 is 1.56 bits per heavy atom. The number of carboxylic acid groups (broad SMARTS) is 1. The summed E-state index contributed by atoms with van der Waals surface area (Å²) in [7, 11) is 0. The molecule has 0 saturated carbocycles. The molecule has 2 aliphatic rings. The van der Waals surface area contributed by atoms with Crippen molar-refractivity contribution in [1.82, 2.24) is 0 Å². The van der Waals surface area contributed by atoms with E-state index in [-0.39, 0.29) is 59.8 Å². The topological polar surface area (TPSA) is 388 Å². The Labute approximate surface area is 308 Å². The summed E-state index contributed by atoms with van der Waals surface area (Å²) in [4.78, 5) is 42.2. The number of nitrogens with zero attached hydrogens (tertiary/aromatic N) is 1. The number of aliphatic hydroxyl groups excluding tert-OH is 7. The van der Waals surface area contributed by atoms with Crippen LogP contribution < -0.4 is 21.6 Å². The van der Waals surface area contributed by atoms with Gasteiger partial charge in [0.05, 0.1) is 0 Å². The van der Waals surface area contributed by atoms with Crippen LogP contribution in [0.2, 0.25) is 0 Å². The SMILES string of the molecule is NC(N)=NCCCC1(OC(=O)C2OC(Oc3cc(O)c4c(=O)cc(-c5cc(O)c(O)c(CCO)c5)oc4c3)C(O)C(O)C2O)OC(C(=O)O)C(O)C(O)C1O. The first-order valence-electron chi connectivity index (χ1n) is 16.5. The van der Waals surface area contributed by atoms with Gasteiger partial charge in [-0.15, -0.1) is 0 Å². The number of carboxylic acids is 1. The summed E-state index contributed by atoms with van der Waals surface area (Å²) in [5.41, 5.74) is 9.74. The molecule has 300 valence electrons. The molecule has 0 aliphatic carbocycles. The molecule has 0 bridgehead atoms. The van der Waals surface area contributed by atoms with E-state index in [1.54, 1.807) is 0 Å². The van der Waals surface area contributed by atoms with Crippen LogP contribution in [0.3, 0.4) is 0 Å². The van der Waals surface area contributed by atoms with Crippen molar-refractivity contribution in [2.24, 2.45) is 16.5 Å². The van der Waals surface area contributed by atoms with Gasteiger partial charge < -0.3 is 91.0 Å². The molecular weight excluding hydrogens is 742 g/mol. The standard InChI is InChI=1S/C33H39N3O19/c34-32(35)36-4-1-3-33(28(47)24(45)23(44)26(54-33)29(48)49)55-30(50)27-22(43)21(42)25(46)31(53-27)51-13-8-14(38)19-15(39)10-17(52-18(19)9-13)12-6-11(2-5-37)20(41)16(40)7-12/h6-10,21-28,31,37-38,40-47H,1-5H2,(H,48,49)(H4,34,35,36). The van der Waals surface area contributed by atoms with Gasteiger partial charge in [0.25, 0.3) is 0 Å². The molecule has 3 heterocycles. The molecule has 3 aromatic rings. The number of aromatic hydroxyl groups is 3. The maximum Gasteiger partial charge on any atom is 0.340 e. The number of fused-ring (bicyclic) bond motifs is 1. The molecule has 2 aliphatic heterocycles.